The number of hydrogen-bond acceptors (Lipinski definition) is 3. The number of fused-ring (bicyclic) bond motifs is 1. The number of thiophene rings is 1. The average molecular weight is 211 g/mol. The molecule has 0 aliphatic heterocycles. The van der Waals surface area contributed by atoms with Gasteiger partial charge in [0.25, 0.3) is 0 Å². The van der Waals surface area contributed by atoms with Crippen molar-refractivity contribution in [2.75, 3.05) is 0 Å². The summed E-state index contributed by atoms with van der Waals surface area (Å²) in [6, 6.07) is 1.97. The van der Waals surface area contributed by atoms with Gasteiger partial charge in [-0.15, -0.1) is 11.3 Å². The Kier molecular flexibility index (Phi) is 1.58. The molecule has 2 nitrogen and oxygen atoms in total. The van der Waals surface area contributed by atoms with E-state index in [1.807, 2.05) is 11.4 Å². The zero-order chi connectivity index (χ0) is 8.84. The fraction of sp³-hybridized carbons (Fsp3) is 0.333. The quantitative estimate of drug-likeness (QED) is 0.676. The summed E-state index contributed by atoms with van der Waals surface area (Å²) in [4.78, 5) is 9.79. The molecule has 0 radical (unpaired) electrons. The third-order valence-corrected chi connectivity index (χ3v) is 3.33. The Morgan fingerprint density at radius 3 is 3.00 bits per heavy atom. The van der Waals surface area contributed by atoms with E-state index in [1.54, 1.807) is 11.3 Å². The molecule has 0 bridgehead atoms. The lowest BCUT2D eigenvalue weighted by molar-refractivity contribution is 0.951. The van der Waals surface area contributed by atoms with Gasteiger partial charge in [-0.2, -0.15) is 0 Å². The molecular weight excluding hydrogens is 204 g/mol. The summed E-state index contributed by atoms with van der Waals surface area (Å²) in [6.07, 6.45) is 2.43. The third-order valence-electron chi connectivity index (χ3n) is 2.24. The van der Waals surface area contributed by atoms with Crippen LogP contribution in [-0.4, -0.2) is 9.97 Å². The van der Waals surface area contributed by atoms with Crippen molar-refractivity contribution in [2.45, 2.75) is 18.8 Å². The third kappa shape index (κ3) is 1.23. The van der Waals surface area contributed by atoms with Crippen molar-refractivity contribution in [3.05, 3.63) is 22.4 Å². The normalized spacial score (nSPS) is 16.7. The molecule has 66 valence electrons. The molecule has 3 rings (SSSR count). The van der Waals surface area contributed by atoms with E-state index in [0.29, 0.717) is 11.1 Å². The highest BCUT2D eigenvalue weighted by atomic mass is 35.5. The topological polar surface area (TPSA) is 25.8 Å². The van der Waals surface area contributed by atoms with Gasteiger partial charge < -0.3 is 0 Å². The van der Waals surface area contributed by atoms with Crippen molar-refractivity contribution in [1.82, 2.24) is 9.97 Å². The summed E-state index contributed by atoms with van der Waals surface area (Å²) in [6.45, 7) is 0. The molecule has 4 heteroatoms. The van der Waals surface area contributed by atoms with Crippen molar-refractivity contribution in [3.8, 4) is 0 Å². The lowest BCUT2D eigenvalue weighted by atomic mass is 10.3. The van der Waals surface area contributed by atoms with Gasteiger partial charge in [0.15, 0.2) is 0 Å². The minimum Gasteiger partial charge on any atom is -0.222 e. The van der Waals surface area contributed by atoms with Crippen LogP contribution in [-0.2, 0) is 0 Å². The number of halogens is 1. The van der Waals surface area contributed by atoms with Crippen molar-refractivity contribution in [3.63, 3.8) is 0 Å². The highest BCUT2D eigenvalue weighted by Gasteiger charge is 2.27. The Morgan fingerprint density at radius 2 is 2.23 bits per heavy atom. The van der Waals surface area contributed by atoms with Crippen molar-refractivity contribution >= 4 is 33.2 Å². The van der Waals surface area contributed by atoms with Crippen LogP contribution < -0.4 is 0 Å². The molecule has 0 unspecified atom stereocenters. The number of aromatic nitrogens is 2. The molecule has 1 saturated carbocycles. The fourth-order valence-electron chi connectivity index (χ4n) is 1.36. The standard InChI is InChI=1S/C9H7ClN2S/c10-7-6-3-4-13-9(6)12-8(11-7)5-1-2-5/h3-5H,1-2H2. The summed E-state index contributed by atoms with van der Waals surface area (Å²) in [5, 5.41) is 3.59. The van der Waals surface area contributed by atoms with Crippen molar-refractivity contribution in [2.24, 2.45) is 0 Å². The lowest BCUT2D eigenvalue weighted by Crippen LogP contribution is -1.91. The van der Waals surface area contributed by atoms with Gasteiger partial charge in [0.1, 0.15) is 15.8 Å². The second-order valence-electron chi connectivity index (χ2n) is 3.29. The molecule has 1 aliphatic rings. The van der Waals surface area contributed by atoms with Gasteiger partial charge in [-0.3, -0.25) is 0 Å². The lowest BCUT2D eigenvalue weighted by Gasteiger charge is -1.97. The second-order valence-corrected chi connectivity index (χ2v) is 4.54. The summed E-state index contributed by atoms with van der Waals surface area (Å²) < 4.78 is 0. The average Bonchev–Trinajstić information content (AvgIpc) is 2.85. The van der Waals surface area contributed by atoms with Gasteiger partial charge in [0.05, 0.1) is 0 Å². The number of rotatable bonds is 1. The first kappa shape index (κ1) is 7.71. The Hall–Kier alpha value is -0.670. The maximum Gasteiger partial charge on any atom is 0.141 e. The Balaban J connectivity index is 2.27. The van der Waals surface area contributed by atoms with Crippen LogP contribution in [0.4, 0.5) is 0 Å². The summed E-state index contributed by atoms with van der Waals surface area (Å²) in [7, 11) is 0. The van der Waals surface area contributed by atoms with Gasteiger partial charge in [-0.05, 0) is 24.3 Å². The van der Waals surface area contributed by atoms with E-state index in [4.69, 9.17) is 11.6 Å². The molecule has 2 heterocycles. The molecule has 0 aromatic carbocycles. The molecule has 2 aromatic heterocycles. The predicted molar refractivity (Wildman–Crippen MR) is 54.4 cm³/mol. The second kappa shape index (κ2) is 2.66. The van der Waals surface area contributed by atoms with Gasteiger partial charge >= 0.3 is 0 Å². The summed E-state index contributed by atoms with van der Waals surface area (Å²) in [5.74, 6) is 1.50. The zero-order valence-electron chi connectivity index (χ0n) is 6.83. The maximum absolute atomic E-state index is 6.03. The molecule has 0 saturated heterocycles. The highest BCUT2D eigenvalue weighted by molar-refractivity contribution is 7.16. The maximum atomic E-state index is 6.03. The molecule has 2 aromatic rings. The molecular formula is C9H7ClN2S. The first-order chi connectivity index (χ1) is 6.34. The van der Waals surface area contributed by atoms with Crippen LogP contribution in [0, 0.1) is 0 Å². The first-order valence-electron chi connectivity index (χ1n) is 4.25. The molecule has 1 fully saturated rings. The largest absolute Gasteiger partial charge is 0.222 e. The summed E-state index contributed by atoms with van der Waals surface area (Å²) in [5.41, 5.74) is 0. The van der Waals surface area contributed by atoms with E-state index in [2.05, 4.69) is 9.97 Å². The molecule has 0 spiro atoms. The van der Waals surface area contributed by atoms with Gasteiger partial charge in [0, 0.05) is 11.3 Å². The van der Waals surface area contributed by atoms with Crippen LogP contribution in [0.25, 0.3) is 10.2 Å². The zero-order valence-corrected chi connectivity index (χ0v) is 8.40. The Bertz CT molecular complexity index is 462. The van der Waals surface area contributed by atoms with Crippen molar-refractivity contribution < 1.29 is 0 Å². The van der Waals surface area contributed by atoms with E-state index in [-0.39, 0.29) is 0 Å². The van der Waals surface area contributed by atoms with E-state index >= 15 is 0 Å². The van der Waals surface area contributed by atoms with Crippen LogP contribution in [0.3, 0.4) is 0 Å². The van der Waals surface area contributed by atoms with Crippen LogP contribution in [0.1, 0.15) is 24.6 Å². The van der Waals surface area contributed by atoms with Crippen LogP contribution >= 0.6 is 22.9 Å². The molecule has 0 N–H and O–H groups in total. The van der Waals surface area contributed by atoms with Crippen molar-refractivity contribution in [1.29, 1.82) is 0 Å². The minimum absolute atomic E-state index is 0.573. The van der Waals surface area contributed by atoms with Crippen LogP contribution in [0.2, 0.25) is 5.15 Å². The predicted octanol–water partition coefficient (Wildman–Crippen LogP) is 3.22. The van der Waals surface area contributed by atoms with Crippen LogP contribution in [0.5, 0.6) is 0 Å². The monoisotopic (exact) mass is 210 g/mol. The molecule has 1 aliphatic carbocycles. The van der Waals surface area contributed by atoms with E-state index in [9.17, 15) is 0 Å². The first-order valence-corrected chi connectivity index (χ1v) is 5.51. The van der Waals surface area contributed by atoms with Gasteiger partial charge in [-0.25, -0.2) is 9.97 Å². The minimum atomic E-state index is 0.573. The Morgan fingerprint density at radius 1 is 1.38 bits per heavy atom. The molecule has 0 amide bonds. The number of nitrogens with zero attached hydrogens (tertiary/aromatic N) is 2. The number of hydrogen-bond donors (Lipinski definition) is 0. The SMILES string of the molecule is Clc1nc(C2CC2)nc2sccc12. The highest BCUT2D eigenvalue weighted by Crippen LogP contribution is 2.39. The molecule has 0 atom stereocenters. The van der Waals surface area contributed by atoms with E-state index in [0.717, 1.165) is 16.0 Å². The van der Waals surface area contributed by atoms with Crippen LogP contribution in [0.15, 0.2) is 11.4 Å². The summed E-state index contributed by atoms with van der Waals surface area (Å²) >= 11 is 7.66. The van der Waals surface area contributed by atoms with E-state index < -0.39 is 0 Å². The van der Waals surface area contributed by atoms with E-state index in [1.165, 1.54) is 12.8 Å². The Labute approximate surface area is 84.6 Å². The van der Waals surface area contributed by atoms with Gasteiger partial charge in [0.2, 0.25) is 0 Å². The molecule has 13 heavy (non-hydrogen) atoms. The fourth-order valence-corrected chi connectivity index (χ4v) is 2.42. The van der Waals surface area contributed by atoms with Gasteiger partial charge in [-0.1, -0.05) is 11.6 Å². The smallest absolute Gasteiger partial charge is 0.141 e.